The summed E-state index contributed by atoms with van der Waals surface area (Å²) in [6.07, 6.45) is -2.59. The summed E-state index contributed by atoms with van der Waals surface area (Å²) in [6.45, 7) is -1.28. The Bertz CT molecular complexity index is 523. The fourth-order valence-corrected chi connectivity index (χ4v) is 2.11. The second-order valence-electron chi connectivity index (χ2n) is 3.35. The van der Waals surface area contributed by atoms with Gasteiger partial charge in [0.15, 0.2) is 11.6 Å². The third-order valence-corrected chi connectivity index (χ3v) is 2.85. The van der Waals surface area contributed by atoms with Crippen molar-refractivity contribution < 1.29 is 22.7 Å². The average molecular weight is 281 g/mol. The highest BCUT2D eigenvalue weighted by molar-refractivity contribution is 7.15. The molecule has 2 rings (SSSR count). The molecule has 0 radical (unpaired) electrons. The fourth-order valence-electron chi connectivity index (χ4n) is 1.39. The normalized spacial score (nSPS) is 12.2. The number of aromatic nitrogens is 2. The second-order valence-corrected chi connectivity index (χ2v) is 4.22. The number of halogens is 3. The van der Waals surface area contributed by atoms with Gasteiger partial charge in [-0.25, -0.2) is 0 Å². The van der Waals surface area contributed by atoms with Crippen LogP contribution in [-0.4, -0.2) is 29.3 Å². The smallest absolute Gasteiger partial charge is 0.413 e. The highest BCUT2D eigenvalue weighted by Gasteiger charge is 2.27. The number of hydroxylamine groups is 1. The van der Waals surface area contributed by atoms with E-state index in [0.29, 0.717) is 16.5 Å². The van der Waals surface area contributed by atoms with Crippen LogP contribution in [0.15, 0.2) is 11.6 Å². The van der Waals surface area contributed by atoms with Crippen LogP contribution >= 0.6 is 11.3 Å². The lowest BCUT2D eigenvalue weighted by Crippen LogP contribution is -2.24. The van der Waals surface area contributed by atoms with Gasteiger partial charge in [0.1, 0.15) is 5.69 Å². The summed E-state index contributed by atoms with van der Waals surface area (Å²) in [5.41, 5.74) is 2.85. The molecule has 2 heterocycles. The van der Waals surface area contributed by atoms with Crippen LogP contribution in [0.3, 0.4) is 0 Å². The van der Waals surface area contributed by atoms with E-state index in [1.165, 1.54) is 18.4 Å². The first-order valence-corrected chi connectivity index (χ1v) is 5.79. The van der Waals surface area contributed by atoms with Crippen molar-refractivity contribution >= 4 is 16.3 Å². The number of thiazole rings is 1. The van der Waals surface area contributed by atoms with Gasteiger partial charge in [-0.3, -0.25) is 9.24 Å². The SMILES string of the molecule is COc1nc2sccn2c1CNOCC(F)(F)F. The predicted molar refractivity (Wildman–Crippen MR) is 58.5 cm³/mol. The quantitative estimate of drug-likeness (QED) is 0.672. The van der Waals surface area contributed by atoms with Gasteiger partial charge in [-0.15, -0.1) is 11.3 Å². The van der Waals surface area contributed by atoms with E-state index in [-0.39, 0.29) is 6.54 Å². The number of hydrogen-bond acceptors (Lipinski definition) is 5. The zero-order chi connectivity index (χ0) is 13.2. The number of methoxy groups -OCH3 is 1. The maximum atomic E-state index is 11.9. The van der Waals surface area contributed by atoms with E-state index in [1.807, 2.05) is 5.38 Å². The molecule has 0 aromatic carbocycles. The van der Waals surface area contributed by atoms with Crippen LogP contribution in [-0.2, 0) is 11.4 Å². The minimum absolute atomic E-state index is 0.0666. The average Bonchev–Trinajstić information content (AvgIpc) is 2.83. The molecule has 0 saturated carbocycles. The van der Waals surface area contributed by atoms with Crippen LogP contribution in [0.1, 0.15) is 5.69 Å². The van der Waals surface area contributed by atoms with Gasteiger partial charge < -0.3 is 4.74 Å². The monoisotopic (exact) mass is 281 g/mol. The van der Waals surface area contributed by atoms with Crippen LogP contribution < -0.4 is 10.2 Å². The molecule has 2 aromatic rings. The lowest BCUT2D eigenvalue weighted by Gasteiger charge is -2.08. The molecule has 0 bridgehead atoms. The van der Waals surface area contributed by atoms with Crippen molar-refractivity contribution in [1.29, 1.82) is 0 Å². The molecule has 0 fully saturated rings. The molecule has 9 heteroatoms. The Kier molecular flexibility index (Phi) is 3.73. The zero-order valence-corrected chi connectivity index (χ0v) is 10.1. The molecule has 100 valence electrons. The zero-order valence-electron chi connectivity index (χ0n) is 9.32. The third-order valence-electron chi connectivity index (χ3n) is 2.10. The number of ether oxygens (including phenoxy) is 1. The molecule has 0 aliphatic heterocycles. The first kappa shape index (κ1) is 13.1. The van der Waals surface area contributed by atoms with E-state index >= 15 is 0 Å². The van der Waals surface area contributed by atoms with Crippen molar-refractivity contribution in [2.24, 2.45) is 0 Å². The van der Waals surface area contributed by atoms with Crippen LogP contribution in [0.25, 0.3) is 4.96 Å². The fraction of sp³-hybridized carbons (Fsp3) is 0.444. The highest BCUT2D eigenvalue weighted by Crippen LogP contribution is 2.22. The van der Waals surface area contributed by atoms with Crippen LogP contribution in [0.5, 0.6) is 5.88 Å². The Morgan fingerprint density at radius 3 is 2.94 bits per heavy atom. The van der Waals surface area contributed by atoms with Crippen LogP contribution in [0.4, 0.5) is 13.2 Å². The van der Waals surface area contributed by atoms with Gasteiger partial charge in [-0.05, 0) is 0 Å². The first-order chi connectivity index (χ1) is 8.51. The lowest BCUT2D eigenvalue weighted by atomic mass is 10.4. The Morgan fingerprint density at radius 1 is 1.50 bits per heavy atom. The summed E-state index contributed by atoms with van der Waals surface area (Å²) in [5, 5.41) is 1.82. The Balaban J connectivity index is 2.00. The van der Waals surface area contributed by atoms with Crippen molar-refractivity contribution in [1.82, 2.24) is 14.9 Å². The maximum absolute atomic E-state index is 11.9. The summed E-state index contributed by atoms with van der Waals surface area (Å²) in [5.74, 6) is 0.366. The number of nitrogens with one attached hydrogen (secondary N) is 1. The molecule has 5 nitrogen and oxygen atoms in total. The predicted octanol–water partition coefficient (Wildman–Crippen LogP) is 1.99. The first-order valence-electron chi connectivity index (χ1n) is 4.91. The minimum Gasteiger partial charge on any atom is -0.480 e. The van der Waals surface area contributed by atoms with Crippen molar-refractivity contribution in [3.05, 3.63) is 17.3 Å². The maximum Gasteiger partial charge on any atom is 0.413 e. The summed E-state index contributed by atoms with van der Waals surface area (Å²) in [4.78, 5) is 9.20. The molecule has 0 unspecified atom stereocenters. The number of alkyl halides is 3. The van der Waals surface area contributed by atoms with Crippen molar-refractivity contribution in [2.45, 2.75) is 12.7 Å². The van der Waals surface area contributed by atoms with Gasteiger partial charge in [0.2, 0.25) is 5.88 Å². The number of fused-ring (bicyclic) bond motifs is 1. The standard InChI is InChI=1S/C9H10F3N3O2S/c1-16-7-6(4-13-17-5-9(10,11)12)15-2-3-18-8(15)14-7/h2-3,13H,4-5H2,1H3. The van der Waals surface area contributed by atoms with Crippen molar-refractivity contribution in [3.8, 4) is 5.88 Å². The topological polar surface area (TPSA) is 47.8 Å². The summed E-state index contributed by atoms with van der Waals surface area (Å²) < 4.78 is 42.4. The van der Waals surface area contributed by atoms with Crippen LogP contribution in [0.2, 0.25) is 0 Å². The van der Waals surface area contributed by atoms with Gasteiger partial charge in [-0.2, -0.15) is 23.6 Å². The molecule has 0 atom stereocenters. The number of nitrogens with zero attached hydrogens (tertiary/aromatic N) is 2. The molecule has 18 heavy (non-hydrogen) atoms. The molecule has 0 saturated heterocycles. The van der Waals surface area contributed by atoms with E-state index < -0.39 is 12.8 Å². The lowest BCUT2D eigenvalue weighted by molar-refractivity contribution is -0.190. The van der Waals surface area contributed by atoms with Crippen LogP contribution in [0, 0.1) is 0 Å². The van der Waals surface area contributed by atoms with Gasteiger partial charge in [0, 0.05) is 11.6 Å². The Hall–Kier alpha value is -1.32. The van der Waals surface area contributed by atoms with E-state index in [4.69, 9.17) is 4.74 Å². The summed E-state index contributed by atoms with van der Waals surface area (Å²) >= 11 is 1.40. The minimum atomic E-state index is -4.35. The van der Waals surface area contributed by atoms with Gasteiger partial charge in [0.25, 0.3) is 0 Å². The van der Waals surface area contributed by atoms with Gasteiger partial charge in [-0.1, -0.05) is 0 Å². The molecule has 0 aliphatic rings. The van der Waals surface area contributed by atoms with Gasteiger partial charge in [0.05, 0.1) is 13.7 Å². The molecule has 0 amide bonds. The van der Waals surface area contributed by atoms with E-state index in [0.717, 1.165) is 0 Å². The molecular formula is C9H10F3N3O2S. The van der Waals surface area contributed by atoms with E-state index in [1.54, 1.807) is 10.6 Å². The molecule has 1 N–H and O–H groups in total. The molecular weight excluding hydrogens is 271 g/mol. The summed E-state index contributed by atoms with van der Waals surface area (Å²) in [7, 11) is 1.45. The van der Waals surface area contributed by atoms with E-state index in [9.17, 15) is 13.2 Å². The van der Waals surface area contributed by atoms with Gasteiger partial charge >= 0.3 is 6.18 Å². The second kappa shape index (κ2) is 5.12. The number of imidazole rings is 1. The van der Waals surface area contributed by atoms with Crippen molar-refractivity contribution in [2.75, 3.05) is 13.7 Å². The largest absolute Gasteiger partial charge is 0.480 e. The summed E-state index contributed by atoms with van der Waals surface area (Å²) in [6, 6.07) is 0. The Morgan fingerprint density at radius 2 is 2.28 bits per heavy atom. The highest BCUT2D eigenvalue weighted by atomic mass is 32.1. The Labute approximate surface area is 104 Å². The number of rotatable bonds is 5. The third kappa shape index (κ3) is 2.92. The molecule has 0 spiro atoms. The van der Waals surface area contributed by atoms with E-state index in [2.05, 4.69) is 15.3 Å². The number of hydrogen-bond donors (Lipinski definition) is 1. The van der Waals surface area contributed by atoms with Crippen molar-refractivity contribution in [3.63, 3.8) is 0 Å². The molecule has 0 aliphatic carbocycles. The molecule has 2 aromatic heterocycles.